The quantitative estimate of drug-likeness (QED) is 0.890. The van der Waals surface area contributed by atoms with Gasteiger partial charge in [0, 0.05) is 37.0 Å². The van der Waals surface area contributed by atoms with Gasteiger partial charge in [0.05, 0.1) is 12.1 Å². The maximum absolute atomic E-state index is 12.9. The van der Waals surface area contributed by atoms with E-state index in [1.807, 2.05) is 11.1 Å². The molecular weight excluding hydrogens is 304 g/mol. The van der Waals surface area contributed by atoms with Gasteiger partial charge >= 0.3 is 6.03 Å². The zero-order valence-electron chi connectivity index (χ0n) is 14.5. The number of amides is 2. The van der Waals surface area contributed by atoms with E-state index in [2.05, 4.69) is 22.2 Å². The molecule has 2 aliphatic carbocycles. The Morgan fingerprint density at radius 2 is 2.33 bits per heavy atom. The highest BCUT2D eigenvalue weighted by Gasteiger charge is 2.59. The second kappa shape index (κ2) is 6.39. The first-order valence-corrected chi connectivity index (χ1v) is 9.42. The normalized spacial score (nSPS) is 31.4. The van der Waals surface area contributed by atoms with Crippen molar-refractivity contribution in [2.45, 2.75) is 70.1 Å². The number of urea groups is 1. The van der Waals surface area contributed by atoms with Gasteiger partial charge in [-0.15, -0.1) is 0 Å². The number of carbonyl (C=O) groups is 1. The van der Waals surface area contributed by atoms with Crippen LogP contribution in [0.5, 0.6) is 0 Å². The molecule has 2 amide bonds. The smallest absolute Gasteiger partial charge is 0.318 e. The zero-order valence-corrected chi connectivity index (χ0v) is 14.5. The monoisotopic (exact) mass is 332 g/mol. The molecule has 2 heterocycles. The van der Waals surface area contributed by atoms with E-state index in [9.17, 15) is 4.79 Å². The van der Waals surface area contributed by atoms with Gasteiger partial charge in [0.2, 0.25) is 0 Å². The molecule has 24 heavy (non-hydrogen) atoms. The minimum absolute atomic E-state index is 0.0716. The summed E-state index contributed by atoms with van der Waals surface area (Å²) in [4.78, 5) is 22.5. The maximum atomic E-state index is 12.9. The van der Waals surface area contributed by atoms with Crippen molar-refractivity contribution in [3.8, 4) is 0 Å². The first-order valence-electron chi connectivity index (χ1n) is 9.42. The van der Waals surface area contributed by atoms with E-state index in [0.717, 1.165) is 44.7 Å². The van der Waals surface area contributed by atoms with Gasteiger partial charge in [-0.05, 0) is 45.4 Å². The van der Waals surface area contributed by atoms with E-state index in [-0.39, 0.29) is 23.5 Å². The predicted octanol–water partition coefficient (Wildman–Crippen LogP) is 2.99. The number of carbonyl (C=O) groups excluding carboxylic acids is 1. The molecule has 0 aromatic carbocycles. The van der Waals surface area contributed by atoms with Crippen LogP contribution in [-0.2, 0) is 4.74 Å². The maximum Gasteiger partial charge on any atom is 0.318 e. The van der Waals surface area contributed by atoms with E-state index in [1.54, 1.807) is 6.20 Å². The van der Waals surface area contributed by atoms with E-state index >= 15 is 0 Å². The highest BCUT2D eigenvalue weighted by molar-refractivity contribution is 5.75. The number of imidazole rings is 1. The zero-order chi connectivity index (χ0) is 16.6. The van der Waals surface area contributed by atoms with E-state index in [4.69, 9.17) is 4.74 Å². The predicted molar refractivity (Wildman–Crippen MR) is 90.5 cm³/mol. The summed E-state index contributed by atoms with van der Waals surface area (Å²) in [5.41, 5.74) is 0.210. The largest absolute Gasteiger partial charge is 0.378 e. The topological polar surface area (TPSA) is 70.2 Å². The Morgan fingerprint density at radius 3 is 3.00 bits per heavy atom. The van der Waals surface area contributed by atoms with Gasteiger partial charge in [-0.1, -0.05) is 6.42 Å². The lowest BCUT2D eigenvalue weighted by Gasteiger charge is -2.61. The summed E-state index contributed by atoms with van der Waals surface area (Å²) in [6.45, 7) is 3.63. The molecule has 3 aliphatic rings. The van der Waals surface area contributed by atoms with Crippen LogP contribution < -0.4 is 5.32 Å². The molecule has 4 rings (SSSR count). The molecule has 0 unspecified atom stereocenters. The number of aromatic nitrogens is 2. The lowest BCUT2D eigenvalue weighted by molar-refractivity contribution is -0.170. The third-order valence-electron chi connectivity index (χ3n) is 6.33. The first-order chi connectivity index (χ1) is 11.7. The standard InChI is InChI=1S/C18H28N4O2/c1-2-24-15-12-14(18(15)7-5-8-18)21-17(23)22-11-4-3-6-13(22)16-19-9-10-20-16/h9-10,13-15H,2-8,11-12H2,1H3,(H,19,20)(H,21,23)/t13-,14+,15+/m0/s1. The molecule has 1 spiro atoms. The lowest BCUT2D eigenvalue weighted by atomic mass is 9.51. The lowest BCUT2D eigenvalue weighted by Crippen LogP contribution is -2.68. The summed E-state index contributed by atoms with van der Waals surface area (Å²) in [5.74, 6) is 0.906. The Bertz CT molecular complexity index is 570. The number of ether oxygens (including phenoxy) is 1. The molecule has 132 valence electrons. The van der Waals surface area contributed by atoms with Crippen molar-refractivity contribution in [2.24, 2.45) is 5.41 Å². The van der Waals surface area contributed by atoms with Crippen LogP contribution in [0.3, 0.4) is 0 Å². The number of hydrogen-bond donors (Lipinski definition) is 2. The van der Waals surface area contributed by atoms with Crippen molar-refractivity contribution in [1.82, 2.24) is 20.2 Å². The Balaban J connectivity index is 1.42. The molecule has 1 aromatic heterocycles. The molecule has 1 saturated heterocycles. The Kier molecular flexibility index (Phi) is 4.24. The molecule has 3 fully saturated rings. The number of nitrogens with one attached hydrogen (secondary N) is 2. The fourth-order valence-electron chi connectivity index (χ4n) is 4.79. The molecule has 2 N–H and O–H groups in total. The minimum Gasteiger partial charge on any atom is -0.378 e. The Hall–Kier alpha value is -1.56. The van der Waals surface area contributed by atoms with E-state index in [1.165, 1.54) is 19.3 Å². The summed E-state index contributed by atoms with van der Waals surface area (Å²) in [5, 5.41) is 3.32. The third kappa shape index (κ3) is 2.51. The molecule has 1 aliphatic heterocycles. The minimum atomic E-state index is 0.0716. The summed E-state index contributed by atoms with van der Waals surface area (Å²) in [6, 6.07) is 0.422. The highest BCUT2D eigenvalue weighted by Crippen LogP contribution is 2.57. The van der Waals surface area contributed by atoms with E-state index < -0.39 is 0 Å². The van der Waals surface area contributed by atoms with Crippen LogP contribution in [0.4, 0.5) is 4.79 Å². The van der Waals surface area contributed by atoms with Crippen LogP contribution in [0, 0.1) is 5.41 Å². The number of rotatable bonds is 4. The number of nitrogens with zero attached hydrogens (tertiary/aromatic N) is 2. The number of hydrogen-bond acceptors (Lipinski definition) is 3. The molecular formula is C18H28N4O2. The Labute approximate surface area is 143 Å². The number of aromatic amines is 1. The van der Waals surface area contributed by atoms with Crippen molar-refractivity contribution >= 4 is 6.03 Å². The van der Waals surface area contributed by atoms with Crippen molar-refractivity contribution in [2.75, 3.05) is 13.2 Å². The molecule has 6 nitrogen and oxygen atoms in total. The van der Waals surface area contributed by atoms with Crippen LogP contribution in [-0.4, -0.2) is 46.2 Å². The van der Waals surface area contributed by atoms with Crippen molar-refractivity contribution in [1.29, 1.82) is 0 Å². The fourth-order valence-corrected chi connectivity index (χ4v) is 4.79. The fraction of sp³-hybridized carbons (Fsp3) is 0.778. The average molecular weight is 332 g/mol. The summed E-state index contributed by atoms with van der Waals surface area (Å²) in [6.07, 6.45) is 11.7. The van der Waals surface area contributed by atoms with Crippen LogP contribution in [0.1, 0.15) is 63.7 Å². The first kappa shape index (κ1) is 15.9. The van der Waals surface area contributed by atoms with Gasteiger partial charge in [-0.25, -0.2) is 9.78 Å². The van der Waals surface area contributed by atoms with Crippen molar-refractivity contribution in [3.05, 3.63) is 18.2 Å². The van der Waals surface area contributed by atoms with Crippen LogP contribution >= 0.6 is 0 Å². The number of H-pyrrole nitrogens is 1. The van der Waals surface area contributed by atoms with Crippen molar-refractivity contribution < 1.29 is 9.53 Å². The molecule has 0 bridgehead atoms. The van der Waals surface area contributed by atoms with Crippen molar-refractivity contribution in [3.63, 3.8) is 0 Å². The van der Waals surface area contributed by atoms with Gasteiger partial charge in [-0.2, -0.15) is 0 Å². The third-order valence-corrected chi connectivity index (χ3v) is 6.33. The van der Waals surface area contributed by atoms with E-state index in [0.29, 0.717) is 6.10 Å². The SMILES string of the molecule is CCO[C@@H]1C[C@@H](NC(=O)N2CCCC[C@H]2c2ncc[nH]2)C12CCC2. The van der Waals surface area contributed by atoms with Gasteiger partial charge in [0.25, 0.3) is 0 Å². The highest BCUT2D eigenvalue weighted by atomic mass is 16.5. The van der Waals surface area contributed by atoms with Gasteiger partial charge in [-0.3, -0.25) is 0 Å². The second-order valence-electron chi connectivity index (χ2n) is 7.45. The van der Waals surface area contributed by atoms with Crippen LogP contribution in [0.2, 0.25) is 0 Å². The summed E-state index contributed by atoms with van der Waals surface area (Å²) >= 11 is 0. The van der Waals surface area contributed by atoms with Gasteiger partial charge < -0.3 is 19.9 Å². The van der Waals surface area contributed by atoms with Gasteiger partial charge in [0.15, 0.2) is 0 Å². The summed E-state index contributed by atoms with van der Waals surface area (Å²) in [7, 11) is 0. The van der Waals surface area contributed by atoms with Crippen LogP contribution in [0.25, 0.3) is 0 Å². The number of piperidine rings is 1. The molecule has 0 radical (unpaired) electrons. The second-order valence-corrected chi connectivity index (χ2v) is 7.45. The Morgan fingerprint density at radius 1 is 1.46 bits per heavy atom. The summed E-state index contributed by atoms with van der Waals surface area (Å²) < 4.78 is 5.89. The average Bonchev–Trinajstić information content (AvgIpc) is 3.06. The van der Waals surface area contributed by atoms with Crippen LogP contribution in [0.15, 0.2) is 12.4 Å². The number of likely N-dealkylation sites (tertiary alicyclic amines) is 1. The van der Waals surface area contributed by atoms with Gasteiger partial charge in [0.1, 0.15) is 5.82 Å². The molecule has 6 heteroatoms. The molecule has 2 saturated carbocycles. The molecule has 3 atom stereocenters. The molecule has 1 aromatic rings.